The largest absolute Gasteiger partial charge is 0.364 e. The highest BCUT2D eigenvalue weighted by molar-refractivity contribution is 7.13. The van der Waals surface area contributed by atoms with Crippen molar-refractivity contribution >= 4 is 39.3 Å². The Morgan fingerprint density at radius 1 is 1.32 bits per heavy atom. The first-order chi connectivity index (χ1) is 11.9. The van der Waals surface area contributed by atoms with Crippen LogP contribution in [0.15, 0.2) is 29.3 Å². The van der Waals surface area contributed by atoms with Crippen LogP contribution in [-0.4, -0.2) is 25.7 Å². The van der Waals surface area contributed by atoms with Crippen molar-refractivity contribution in [2.75, 3.05) is 5.32 Å². The number of carbonyl (C=O) groups is 2. The minimum Gasteiger partial charge on any atom is -0.364 e. The number of fused-ring (bicyclic) bond motifs is 1. The second kappa shape index (κ2) is 6.36. The summed E-state index contributed by atoms with van der Waals surface area (Å²) in [5, 5.41) is 2.17. The molecule has 0 atom stereocenters. The third kappa shape index (κ3) is 3.21. The Balaban J connectivity index is 1.86. The number of rotatable bonds is 4. The molecule has 2 heterocycles. The summed E-state index contributed by atoms with van der Waals surface area (Å²) in [6.07, 6.45) is 1.05. The van der Waals surface area contributed by atoms with Gasteiger partial charge in [-0.3, -0.25) is 19.0 Å². The van der Waals surface area contributed by atoms with Crippen LogP contribution >= 0.6 is 11.5 Å². The van der Waals surface area contributed by atoms with E-state index in [0.29, 0.717) is 0 Å². The highest BCUT2D eigenvalue weighted by Crippen LogP contribution is 2.17. The zero-order valence-corrected chi connectivity index (χ0v) is 13.1. The number of anilines is 1. The lowest BCUT2D eigenvalue weighted by atomic mass is 10.3. The van der Waals surface area contributed by atoms with Gasteiger partial charge in [-0.15, -0.1) is 0 Å². The Hall–Kier alpha value is -3.21. The predicted molar refractivity (Wildman–Crippen MR) is 85.2 cm³/mol. The molecule has 1 aromatic carbocycles. The number of nitrogens with two attached hydrogens (primary N) is 1. The maximum Gasteiger partial charge on any atom is 0.273 e. The van der Waals surface area contributed by atoms with Crippen molar-refractivity contribution in [2.45, 2.75) is 6.54 Å². The number of benzene rings is 1. The predicted octanol–water partition coefficient (Wildman–Crippen LogP) is 0.869. The number of halogens is 2. The normalized spacial score (nSPS) is 10.8. The molecule has 0 aliphatic carbocycles. The molecular weight excluding hydrogens is 356 g/mol. The van der Waals surface area contributed by atoms with Gasteiger partial charge in [0.2, 0.25) is 5.91 Å². The molecule has 25 heavy (non-hydrogen) atoms. The van der Waals surface area contributed by atoms with Crippen LogP contribution < -0.4 is 16.6 Å². The van der Waals surface area contributed by atoms with Crippen molar-refractivity contribution in [3.05, 3.63) is 52.2 Å². The van der Waals surface area contributed by atoms with Gasteiger partial charge in [0.1, 0.15) is 28.4 Å². The molecule has 2 aromatic heterocycles. The fourth-order valence-corrected chi connectivity index (χ4v) is 2.86. The molecule has 0 bridgehead atoms. The molecule has 0 fully saturated rings. The van der Waals surface area contributed by atoms with Crippen LogP contribution in [0.1, 0.15) is 10.5 Å². The summed E-state index contributed by atoms with van der Waals surface area (Å²) in [4.78, 5) is 39.4. The van der Waals surface area contributed by atoms with Gasteiger partial charge in [0.05, 0.1) is 12.0 Å². The van der Waals surface area contributed by atoms with E-state index in [9.17, 15) is 23.2 Å². The Morgan fingerprint density at radius 2 is 2.08 bits per heavy atom. The highest BCUT2D eigenvalue weighted by Gasteiger charge is 2.17. The van der Waals surface area contributed by atoms with Crippen molar-refractivity contribution in [3.63, 3.8) is 0 Å². The second-order valence-electron chi connectivity index (χ2n) is 4.92. The van der Waals surface area contributed by atoms with Crippen molar-refractivity contribution in [1.82, 2.24) is 13.9 Å². The van der Waals surface area contributed by atoms with Crippen LogP contribution in [0, 0.1) is 11.6 Å². The van der Waals surface area contributed by atoms with Crippen molar-refractivity contribution < 1.29 is 18.4 Å². The second-order valence-corrected chi connectivity index (χ2v) is 5.70. The first-order valence-corrected chi connectivity index (χ1v) is 7.53. The summed E-state index contributed by atoms with van der Waals surface area (Å²) in [6, 6.07) is 2.60. The molecule has 0 unspecified atom stereocenters. The topological polar surface area (TPSA) is 120 Å². The van der Waals surface area contributed by atoms with Crippen LogP contribution in [0.5, 0.6) is 0 Å². The Kier molecular flexibility index (Phi) is 4.23. The van der Waals surface area contributed by atoms with Crippen molar-refractivity contribution in [1.29, 1.82) is 0 Å². The van der Waals surface area contributed by atoms with E-state index in [0.717, 1.165) is 40.6 Å². The highest BCUT2D eigenvalue weighted by atomic mass is 32.1. The summed E-state index contributed by atoms with van der Waals surface area (Å²) in [5.41, 5.74) is 4.10. The van der Waals surface area contributed by atoms with Crippen LogP contribution in [0.3, 0.4) is 0 Å². The van der Waals surface area contributed by atoms with Gasteiger partial charge in [0.15, 0.2) is 5.69 Å². The van der Waals surface area contributed by atoms with Gasteiger partial charge in [0.25, 0.3) is 11.5 Å². The number of aromatic nitrogens is 3. The number of carbonyl (C=O) groups excluding carboxylic acids is 2. The van der Waals surface area contributed by atoms with E-state index in [1.54, 1.807) is 0 Å². The van der Waals surface area contributed by atoms with E-state index in [2.05, 4.69) is 14.7 Å². The molecule has 128 valence electrons. The summed E-state index contributed by atoms with van der Waals surface area (Å²) >= 11 is 0.731. The molecular formula is C14H9F2N5O3S. The van der Waals surface area contributed by atoms with Crippen molar-refractivity contribution in [3.8, 4) is 0 Å². The number of amides is 2. The lowest BCUT2D eigenvalue weighted by Gasteiger charge is -2.08. The van der Waals surface area contributed by atoms with Gasteiger partial charge >= 0.3 is 0 Å². The van der Waals surface area contributed by atoms with Crippen LogP contribution in [-0.2, 0) is 11.3 Å². The van der Waals surface area contributed by atoms with Crippen LogP contribution in [0.2, 0.25) is 0 Å². The molecule has 0 spiro atoms. The smallest absolute Gasteiger partial charge is 0.273 e. The zero-order chi connectivity index (χ0) is 18.1. The Morgan fingerprint density at radius 3 is 2.80 bits per heavy atom. The molecule has 0 aliphatic heterocycles. The SMILES string of the molecule is NC(=O)c1nsc2c(=O)n(CC(=O)Nc3cc(F)ccc3F)cnc12. The molecule has 0 saturated heterocycles. The van der Waals surface area contributed by atoms with E-state index in [4.69, 9.17) is 5.73 Å². The maximum atomic E-state index is 13.5. The number of nitrogens with one attached hydrogen (secondary N) is 1. The Bertz CT molecular complexity index is 1060. The first kappa shape index (κ1) is 16.6. The fourth-order valence-electron chi connectivity index (χ4n) is 2.07. The minimum atomic E-state index is -0.824. The molecule has 0 aliphatic rings. The molecule has 0 radical (unpaired) electrons. The lowest BCUT2D eigenvalue weighted by Crippen LogP contribution is -2.28. The van der Waals surface area contributed by atoms with Gasteiger partial charge in [-0.1, -0.05) is 0 Å². The van der Waals surface area contributed by atoms with Crippen LogP contribution in [0.4, 0.5) is 14.5 Å². The third-order valence-corrected chi connectivity index (χ3v) is 4.02. The molecule has 3 rings (SSSR count). The summed E-state index contributed by atoms with van der Waals surface area (Å²) < 4.78 is 31.4. The van der Waals surface area contributed by atoms with Gasteiger partial charge in [-0.2, -0.15) is 4.37 Å². The first-order valence-electron chi connectivity index (χ1n) is 6.76. The standard InChI is InChI=1S/C14H9F2N5O3S/c15-6-1-2-7(16)8(3-6)19-9(22)4-21-5-18-10-11(13(17)23)20-25-12(10)14(21)24/h1-3,5H,4H2,(H2,17,23)(H,19,22). The summed E-state index contributed by atoms with van der Waals surface area (Å²) in [5.74, 6) is -3.12. The minimum absolute atomic E-state index is 0.0512. The van der Waals surface area contributed by atoms with E-state index >= 15 is 0 Å². The third-order valence-electron chi connectivity index (χ3n) is 3.20. The molecule has 0 saturated carbocycles. The number of nitrogens with zero attached hydrogens (tertiary/aromatic N) is 3. The monoisotopic (exact) mass is 365 g/mol. The van der Waals surface area contributed by atoms with E-state index < -0.39 is 35.6 Å². The maximum absolute atomic E-state index is 13.5. The summed E-state index contributed by atoms with van der Waals surface area (Å²) in [7, 11) is 0. The number of hydrogen-bond donors (Lipinski definition) is 2. The van der Waals surface area contributed by atoms with Gasteiger partial charge < -0.3 is 11.1 Å². The molecule has 11 heteroatoms. The van der Waals surface area contributed by atoms with Crippen molar-refractivity contribution in [2.24, 2.45) is 5.73 Å². The number of primary amides is 1. The van der Waals surface area contributed by atoms with Crippen LogP contribution in [0.25, 0.3) is 10.2 Å². The molecule has 3 N–H and O–H groups in total. The molecule has 2 amide bonds. The molecule has 3 aromatic rings. The molecule has 8 nitrogen and oxygen atoms in total. The Labute approximate surface area is 142 Å². The average Bonchev–Trinajstić information content (AvgIpc) is 2.98. The van der Waals surface area contributed by atoms with E-state index in [-0.39, 0.29) is 21.6 Å². The fraction of sp³-hybridized carbons (Fsp3) is 0.0714. The average molecular weight is 365 g/mol. The summed E-state index contributed by atoms with van der Waals surface area (Å²) in [6.45, 7) is -0.485. The van der Waals surface area contributed by atoms with Gasteiger partial charge in [-0.25, -0.2) is 13.8 Å². The lowest BCUT2D eigenvalue weighted by molar-refractivity contribution is -0.116. The quantitative estimate of drug-likeness (QED) is 0.711. The number of hydrogen-bond acceptors (Lipinski definition) is 6. The zero-order valence-electron chi connectivity index (χ0n) is 12.3. The van der Waals surface area contributed by atoms with Gasteiger partial charge in [0, 0.05) is 6.07 Å². The van der Waals surface area contributed by atoms with E-state index in [1.165, 1.54) is 0 Å². The van der Waals surface area contributed by atoms with Gasteiger partial charge in [-0.05, 0) is 23.7 Å². The van der Waals surface area contributed by atoms with E-state index in [1.807, 2.05) is 0 Å².